The summed E-state index contributed by atoms with van der Waals surface area (Å²) < 4.78 is 11.2. The van der Waals surface area contributed by atoms with Crippen molar-refractivity contribution in [3.63, 3.8) is 0 Å². The molecule has 25 heavy (non-hydrogen) atoms. The van der Waals surface area contributed by atoms with E-state index in [0.717, 1.165) is 30.4 Å². The highest BCUT2D eigenvalue weighted by Crippen LogP contribution is 2.43. The van der Waals surface area contributed by atoms with E-state index < -0.39 is 11.9 Å². The molecule has 0 spiro atoms. The van der Waals surface area contributed by atoms with Crippen molar-refractivity contribution < 1.29 is 14.3 Å². The lowest BCUT2D eigenvalue weighted by Crippen LogP contribution is -2.40. The van der Waals surface area contributed by atoms with E-state index in [1.807, 2.05) is 31.2 Å². The van der Waals surface area contributed by atoms with Gasteiger partial charge in [-0.1, -0.05) is 36.8 Å². The summed E-state index contributed by atoms with van der Waals surface area (Å²) in [5, 5.41) is 9.75. The number of hydrogen-bond acceptors (Lipinski definition) is 4. The number of ether oxygens (including phenoxy) is 2. The second kappa shape index (κ2) is 8.49. The van der Waals surface area contributed by atoms with Crippen LogP contribution in [0.5, 0.6) is 0 Å². The highest BCUT2D eigenvalue weighted by molar-refractivity contribution is 5.76. The quantitative estimate of drug-likeness (QED) is 0.719. The van der Waals surface area contributed by atoms with Gasteiger partial charge in [-0.15, -0.1) is 0 Å². The van der Waals surface area contributed by atoms with Crippen molar-refractivity contribution >= 4 is 5.97 Å². The fraction of sp³-hybridized carbons (Fsp3) is 0.619. The van der Waals surface area contributed by atoms with Gasteiger partial charge in [0.25, 0.3) is 0 Å². The first-order valence-corrected chi connectivity index (χ1v) is 9.21. The summed E-state index contributed by atoms with van der Waals surface area (Å²) in [6, 6.07) is 10.4. The molecule has 1 saturated heterocycles. The van der Waals surface area contributed by atoms with Gasteiger partial charge in [0.05, 0.1) is 18.3 Å². The predicted molar refractivity (Wildman–Crippen MR) is 97.0 cm³/mol. The van der Waals surface area contributed by atoms with E-state index >= 15 is 0 Å². The standard InChI is InChI=1S/C21H29NO3/c1-5-21(4)13-17(11-12-25-21)19(16-9-7-15(3)8-10-16)18(14-22)20(23)24-6-2/h7-10,17-19H,5-6,11-13H2,1-4H3/t17-,18+,19-,21+/m1/s1. The molecule has 2 rings (SSSR count). The van der Waals surface area contributed by atoms with Gasteiger partial charge in [-0.05, 0) is 51.5 Å². The van der Waals surface area contributed by atoms with Gasteiger partial charge in [-0.3, -0.25) is 4.79 Å². The van der Waals surface area contributed by atoms with Crippen molar-refractivity contribution in [3.05, 3.63) is 35.4 Å². The Morgan fingerprint density at radius 1 is 1.40 bits per heavy atom. The van der Waals surface area contributed by atoms with Gasteiger partial charge in [0, 0.05) is 12.5 Å². The van der Waals surface area contributed by atoms with Crippen molar-refractivity contribution in [2.75, 3.05) is 13.2 Å². The number of carbonyl (C=O) groups is 1. The SMILES string of the molecule is CCOC(=O)[C@@H](C#N)[C@H](c1ccc(C)cc1)[C@@H]1CCO[C@@](C)(CC)C1. The van der Waals surface area contributed by atoms with Crippen LogP contribution < -0.4 is 0 Å². The Bertz CT molecular complexity index is 619. The van der Waals surface area contributed by atoms with Crippen LogP contribution in [0.3, 0.4) is 0 Å². The third kappa shape index (κ3) is 4.61. The van der Waals surface area contributed by atoms with Crippen LogP contribution in [-0.4, -0.2) is 24.8 Å². The number of rotatable bonds is 6. The minimum atomic E-state index is -0.785. The highest BCUT2D eigenvalue weighted by Gasteiger charge is 2.42. The van der Waals surface area contributed by atoms with E-state index in [0.29, 0.717) is 6.61 Å². The number of hydrogen-bond donors (Lipinski definition) is 0. The summed E-state index contributed by atoms with van der Waals surface area (Å²) in [5.41, 5.74) is 2.01. The summed E-state index contributed by atoms with van der Waals surface area (Å²) in [7, 11) is 0. The third-order valence-electron chi connectivity index (χ3n) is 5.39. The molecule has 1 fully saturated rings. The lowest BCUT2D eigenvalue weighted by molar-refractivity contribution is -0.148. The fourth-order valence-electron chi connectivity index (χ4n) is 3.76. The second-order valence-corrected chi connectivity index (χ2v) is 7.20. The Morgan fingerprint density at radius 2 is 2.08 bits per heavy atom. The molecular formula is C21H29NO3. The first-order valence-electron chi connectivity index (χ1n) is 9.21. The maximum absolute atomic E-state index is 12.5. The minimum absolute atomic E-state index is 0.167. The molecule has 0 radical (unpaired) electrons. The predicted octanol–water partition coefficient (Wildman–Crippen LogP) is 4.38. The Morgan fingerprint density at radius 3 is 2.64 bits per heavy atom. The van der Waals surface area contributed by atoms with Crippen LogP contribution in [0.4, 0.5) is 0 Å². The Hall–Kier alpha value is -1.86. The van der Waals surface area contributed by atoms with Crippen LogP contribution in [-0.2, 0) is 14.3 Å². The van der Waals surface area contributed by atoms with Crippen LogP contribution in [0, 0.1) is 30.1 Å². The molecular weight excluding hydrogens is 314 g/mol. The normalized spacial score (nSPS) is 25.6. The fourth-order valence-corrected chi connectivity index (χ4v) is 3.76. The summed E-state index contributed by atoms with van der Waals surface area (Å²) in [6.45, 7) is 9.01. The molecule has 1 aromatic rings. The monoisotopic (exact) mass is 343 g/mol. The maximum atomic E-state index is 12.5. The van der Waals surface area contributed by atoms with Crippen molar-refractivity contribution in [1.29, 1.82) is 5.26 Å². The summed E-state index contributed by atoms with van der Waals surface area (Å²) in [5.74, 6) is -1.15. The van der Waals surface area contributed by atoms with E-state index in [1.54, 1.807) is 6.92 Å². The lowest BCUT2D eigenvalue weighted by atomic mass is 9.70. The number of carbonyl (C=O) groups excluding carboxylic acids is 1. The van der Waals surface area contributed by atoms with Gasteiger partial charge in [-0.25, -0.2) is 0 Å². The average Bonchev–Trinajstić information content (AvgIpc) is 2.61. The van der Waals surface area contributed by atoms with Crippen molar-refractivity contribution in [2.24, 2.45) is 11.8 Å². The second-order valence-electron chi connectivity index (χ2n) is 7.20. The van der Waals surface area contributed by atoms with Gasteiger partial charge in [0.1, 0.15) is 0 Å². The zero-order valence-electron chi connectivity index (χ0n) is 15.7. The zero-order chi connectivity index (χ0) is 18.4. The molecule has 0 N–H and O–H groups in total. The largest absolute Gasteiger partial charge is 0.465 e. The summed E-state index contributed by atoms with van der Waals surface area (Å²) in [4.78, 5) is 12.5. The Balaban J connectivity index is 2.39. The van der Waals surface area contributed by atoms with Gasteiger partial charge in [-0.2, -0.15) is 5.26 Å². The van der Waals surface area contributed by atoms with Gasteiger partial charge >= 0.3 is 5.97 Å². The summed E-state index contributed by atoms with van der Waals surface area (Å²) in [6.07, 6.45) is 2.62. The summed E-state index contributed by atoms with van der Waals surface area (Å²) >= 11 is 0. The first-order chi connectivity index (χ1) is 11.9. The average molecular weight is 343 g/mol. The van der Waals surface area contributed by atoms with E-state index in [9.17, 15) is 10.1 Å². The van der Waals surface area contributed by atoms with E-state index in [2.05, 4.69) is 19.9 Å². The molecule has 0 aromatic heterocycles. The molecule has 1 heterocycles. The molecule has 1 aromatic carbocycles. The van der Waals surface area contributed by atoms with Crippen molar-refractivity contribution in [1.82, 2.24) is 0 Å². The van der Waals surface area contributed by atoms with E-state index in [-0.39, 0.29) is 24.0 Å². The van der Waals surface area contributed by atoms with Crippen molar-refractivity contribution in [3.8, 4) is 6.07 Å². The van der Waals surface area contributed by atoms with Gasteiger partial charge in [0.2, 0.25) is 0 Å². The lowest BCUT2D eigenvalue weighted by Gasteiger charge is -2.41. The smallest absolute Gasteiger partial charge is 0.323 e. The number of nitrogens with zero attached hydrogens (tertiary/aromatic N) is 1. The molecule has 0 unspecified atom stereocenters. The molecule has 0 saturated carbocycles. The highest BCUT2D eigenvalue weighted by atomic mass is 16.5. The number of esters is 1. The molecule has 1 aliphatic heterocycles. The van der Waals surface area contributed by atoms with Crippen LogP contribution in [0.1, 0.15) is 57.1 Å². The van der Waals surface area contributed by atoms with Gasteiger partial charge < -0.3 is 9.47 Å². The van der Waals surface area contributed by atoms with Crippen LogP contribution in [0.15, 0.2) is 24.3 Å². The molecule has 4 nitrogen and oxygen atoms in total. The van der Waals surface area contributed by atoms with Crippen LogP contribution in [0.2, 0.25) is 0 Å². The Kier molecular flexibility index (Phi) is 6.61. The molecule has 4 atom stereocenters. The van der Waals surface area contributed by atoms with Crippen LogP contribution in [0.25, 0.3) is 0 Å². The Labute approximate surface area is 151 Å². The third-order valence-corrected chi connectivity index (χ3v) is 5.39. The number of benzene rings is 1. The van der Waals surface area contributed by atoms with E-state index in [4.69, 9.17) is 9.47 Å². The van der Waals surface area contributed by atoms with Crippen LogP contribution >= 0.6 is 0 Å². The molecule has 0 amide bonds. The molecule has 4 heteroatoms. The van der Waals surface area contributed by atoms with E-state index in [1.165, 1.54) is 0 Å². The number of nitriles is 1. The minimum Gasteiger partial charge on any atom is -0.465 e. The molecule has 0 bridgehead atoms. The molecule has 1 aliphatic rings. The topological polar surface area (TPSA) is 59.3 Å². The van der Waals surface area contributed by atoms with Gasteiger partial charge in [0.15, 0.2) is 5.92 Å². The first kappa shape index (κ1) is 19.5. The maximum Gasteiger partial charge on any atom is 0.323 e. The number of aryl methyl sites for hydroxylation is 1. The molecule has 0 aliphatic carbocycles. The van der Waals surface area contributed by atoms with Crippen molar-refractivity contribution in [2.45, 2.75) is 58.5 Å². The zero-order valence-corrected chi connectivity index (χ0v) is 15.7. The molecule has 136 valence electrons.